The summed E-state index contributed by atoms with van der Waals surface area (Å²) in [6, 6.07) is 6.88. The SMILES string of the molecule is CNC1CC(Oc2c(C)cccc2C)C1(C)C. The van der Waals surface area contributed by atoms with Crippen LogP contribution in [0.3, 0.4) is 0 Å². The van der Waals surface area contributed by atoms with Gasteiger partial charge in [0.1, 0.15) is 11.9 Å². The van der Waals surface area contributed by atoms with Crippen LogP contribution in [0.4, 0.5) is 0 Å². The Balaban J connectivity index is 2.13. The highest BCUT2D eigenvalue weighted by atomic mass is 16.5. The molecule has 0 spiro atoms. The molecule has 17 heavy (non-hydrogen) atoms. The Kier molecular flexibility index (Phi) is 3.17. The van der Waals surface area contributed by atoms with Gasteiger partial charge in [-0.05, 0) is 32.0 Å². The Bertz CT molecular complexity index is 391. The molecular formula is C15H23NO. The normalized spacial score (nSPS) is 26.4. The van der Waals surface area contributed by atoms with Crippen molar-refractivity contribution in [2.24, 2.45) is 5.41 Å². The molecule has 2 unspecified atom stereocenters. The van der Waals surface area contributed by atoms with Gasteiger partial charge in [0, 0.05) is 17.9 Å². The molecule has 1 aliphatic rings. The fourth-order valence-corrected chi connectivity index (χ4v) is 2.70. The highest BCUT2D eigenvalue weighted by Gasteiger charge is 2.49. The lowest BCUT2D eigenvalue weighted by Crippen LogP contribution is -2.61. The smallest absolute Gasteiger partial charge is 0.125 e. The maximum absolute atomic E-state index is 6.22. The van der Waals surface area contributed by atoms with Crippen LogP contribution in [0.1, 0.15) is 31.4 Å². The van der Waals surface area contributed by atoms with Crippen LogP contribution in [0.5, 0.6) is 5.75 Å². The van der Waals surface area contributed by atoms with Gasteiger partial charge in [-0.1, -0.05) is 32.0 Å². The molecule has 2 atom stereocenters. The lowest BCUT2D eigenvalue weighted by Gasteiger charge is -2.51. The van der Waals surface area contributed by atoms with Crippen LogP contribution in [0.15, 0.2) is 18.2 Å². The van der Waals surface area contributed by atoms with E-state index in [0.717, 1.165) is 12.2 Å². The van der Waals surface area contributed by atoms with Crippen LogP contribution in [0.2, 0.25) is 0 Å². The average molecular weight is 233 g/mol. The maximum atomic E-state index is 6.22. The minimum atomic E-state index is 0.212. The van der Waals surface area contributed by atoms with E-state index in [1.807, 2.05) is 7.05 Å². The molecule has 0 aliphatic heterocycles. The van der Waals surface area contributed by atoms with Crippen LogP contribution < -0.4 is 10.1 Å². The predicted molar refractivity (Wildman–Crippen MR) is 71.6 cm³/mol. The number of para-hydroxylation sites is 1. The second kappa shape index (κ2) is 4.34. The molecule has 0 bridgehead atoms. The van der Waals surface area contributed by atoms with Crippen molar-refractivity contribution in [2.75, 3.05) is 7.05 Å². The first-order valence-electron chi connectivity index (χ1n) is 6.37. The van der Waals surface area contributed by atoms with Gasteiger partial charge < -0.3 is 10.1 Å². The zero-order chi connectivity index (χ0) is 12.6. The third-order valence-corrected chi connectivity index (χ3v) is 4.20. The summed E-state index contributed by atoms with van der Waals surface area (Å²) in [6.07, 6.45) is 1.41. The van der Waals surface area contributed by atoms with Gasteiger partial charge in [0.25, 0.3) is 0 Å². The monoisotopic (exact) mass is 233 g/mol. The molecule has 1 aliphatic carbocycles. The summed E-state index contributed by atoms with van der Waals surface area (Å²) >= 11 is 0. The summed E-state index contributed by atoms with van der Waals surface area (Å²) in [5, 5.41) is 3.36. The second-order valence-corrected chi connectivity index (χ2v) is 5.73. The van der Waals surface area contributed by atoms with Crippen molar-refractivity contribution in [2.45, 2.75) is 46.3 Å². The number of aryl methyl sites for hydroxylation is 2. The Morgan fingerprint density at radius 1 is 1.24 bits per heavy atom. The van der Waals surface area contributed by atoms with Gasteiger partial charge in [0.15, 0.2) is 0 Å². The van der Waals surface area contributed by atoms with Gasteiger partial charge in [-0.25, -0.2) is 0 Å². The van der Waals surface area contributed by atoms with E-state index in [9.17, 15) is 0 Å². The number of ether oxygens (including phenoxy) is 1. The fraction of sp³-hybridized carbons (Fsp3) is 0.600. The molecule has 0 aromatic heterocycles. The molecule has 0 heterocycles. The molecule has 1 aromatic carbocycles. The number of hydrogen-bond donors (Lipinski definition) is 1. The number of benzene rings is 1. The average Bonchev–Trinajstić information content (AvgIpc) is 2.26. The van der Waals surface area contributed by atoms with E-state index in [0.29, 0.717) is 12.1 Å². The van der Waals surface area contributed by atoms with Crippen LogP contribution >= 0.6 is 0 Å². The molecule has 2 rings (SSSR count). The number of rotatable bonds is 3. The molecular weight excluding hydrogens is 210 g/mol. The quantitative estimate of drug-likeness (QED) is 0.866. The summed E-state index contributed by atoms with van der Waals surface area (Å²) in [5.41, 5.74) is 2.67. The first kappa shape index (κ1) is 12.4. The third kappa shape index (κ3) is 2.06. The van der Waals surface area contributed by atoms with Gasteiger partial charge in [-0.3, -0.25) is 0 Å². The van der Waals surface area contributed by atoms with Crippen LogP contribution in [0.25, 0.3) is 0 Å². The minimum Gasteiger partial charge on any atom is -0.489 e. The molecule has 2 nitrogen and oxygen atoms in total. The van der Waals surface area contributed by atoms with Crippen molar-refractivity contribution in [3.05, 3.63) is 29.3 Å². The first-order valence-corrected chi connectivity index (χ1v) is 6.37. The van der Waals surface area contributed by atoms with Crippen LogP contribution in [-0.4, -0.2) is 19.2 Å². The van der Waals surface area contributed by atoms with Crippen molar-refractivity contribution in [1.29, 1.82) is 0 Å². The lowest BCUT2D eigenvalue weighted by atomic mass is 9.64. The van der Waals surface area contributed by atoms with Gasteiger partial charge in [-0.2, -0.15) is 0 Å². The van der Waals surface area contributed by atoms with E-state index in [1.165, 1.54) is 11.1 Å². The summed E-state index contributed by atoms with van der Waals surface area (Å²) in [6.45, 7) is 8.78. The molecule has 0 amide bonds. The minimum absolute atomic E-state index is 0.212. The Hall–Kier alpha value is -1.02. The van der Waals surface area contributed by atoms with E-state index in [2.05, 4.69) is 51.2 Å². The zero-order valence-corrected chi connectivity index (χ0v) is 11.5. The van der Waals surface area contributed by atoms with Gasteiger partial charge >= 0.3 is 0 Å². The van der Waals surface area contributed by atoms with E-state index in [-0.39, 0.29) is 5.41 Å². The molecule has 1 aromatic rings. The summed E-state index contributed by atoms with van der Waals surface area (Å²) < 4.78 is 6.22. The first-order chi connectivity index (χ1) is 7.96. The standard InChI is InChI=1S/C15H23NO/c1-10-7-6-8-11(2)14(10)17-13-9-12(16-5)15(13,3)4/h6-8,12-13,16H,9H2,1-5H3. The van der Waals surface area contributed by atoms with Crippen molar-refractivity contribution < 1.29 is 4.74 Å². The zero-order valence-electron chi connectivity index (χ0n) is 11.5. The van der Waals surface area contributed by atoms with E-state index in [4.69, 9.17) is 4.74 Å². The molecule has 1 saturated carbocycles. The highest BCUT2D eigenvalue weighted by molar-refractivity contribution is 5.40. The van der Waals surface area contributed by atoms with Gasteiger partial charge in [0.05, 0.1) is 0 Å². The Labute approximate surface area is 104 Å². The number of nitrogens with one attached hydrogen (secondary N) is 1. The molecule has 94 valence electrons. The topological polar surface area (TPSA) is 21.3 Å². The maximum Gasteiger partial charge on any atom is 0.125 e. The van der Waals surface area contributed by atoms with Crippen molar-refractivity contribution in [1.82, 2.24) is 5.32 Å². The van der Waals surface area contributed by atoms with Crippen molar-refractivity contribution in [3.8, 4) is 5.75 Å². The molecule has 1 N–H and O–H groups in total. The second-order valence-electron chi connectivity index (χ2n) is 5.73. The Morgan fingerprint density at radius 3 is 2.29 bits per heavy atom. The summed E-state index contributed by atoms with van der Waals surface area (Å²) in [5.74, 6) is 1.07. The summed E-state index contributed by atoms with van der Waals surface area (Å²) in [4.78, 5) is 0. The molecule has 0 radical (unpaired) electrons. The predicted octanol–water partition coefficient (Wildman–Crippen LogP) is 3.07. The third-order valence-electron chi connectivity index (χ3n) is 4.20. The van der Waals surface area contributed by atoms with Crippen molar-refractivity contribution >= 4 is 0 Å². The summed E-state index contributed by atoms with van der Waals surface area (Å²) in [7, 11) is 2.03. The van der Waals surface area contributed by atoms with E-state index in [1.54, 1.807) is 0 Å². The van der Waals surface area contributed by atoms with E-state index >= 15 is 0 Å². The van der Waals surface area contributed by atoms with Crippen LogP contribution in [0, 0.1) is 19.3 Å². The molecule has 2 heteroatoms. The lowest BCUT2D eigenvalue weighted by molar-refractivity contribution is -0.0527. The highest BCUT2D eigenvalue weighted by Crippen LogP contribution is 2.43. The van der Waals surface area contributed by atoms with Crippen molar-refractivity contribution in [3.63, 3.8) is 0 Å². The number of hydrogen-bond acceptors (Lipinski definition) is 2. The molecule has 0 saturated heterocycles. The fourth-order valence-electron chi connectivity index (χ4n) is 2.70. The Morgan fingerprint density at radius 2 is 1.82 bits per heavy atom. The largest absolute Gasteiger partial charge is 0.489 e. The molecule has 1 fully saturated rings. The van der Waals surface area contributed by atoms with Gasteiger partial charge in [-0.15, -0.1) is 0 Å². The van der Waals surface area contributed by atoms with Crippen LogP contribution in [-0.2, 0) is 0 Å². The van der Waals surface area contributed by atoms with E-state index < -0.39 is 0 Å². The van der Waals surface area contributed by atoms with Gasteiger partial charge in [0.2, 0.25) is 0 Å².